The first-order chi connectivity index (χ1) is 13.7. The summed E-state index contributed by atoms with van der Waals surface area (Å²) >= 11 is 6.13. The molecule has 0 saturated carbocycles. The van der Waals surface area contributed by atoms with Gasteiger partial charge in [-0.1, -0.05) is 47.1 Å². The van der Waals surface area contributed by atoms with Crippen molar-refractivity contribution < 1.29 is 14.3 Å². The summed E-state index contributed by atoms with van der Waals surface area (Å²) in [5.41, 5.74) is 2.81. The Balaban J connectivity index is 1.44. The first-order valence-electron chi connectivity index (χ1n) is 8.85. The summed E-state index contributed by atoms with van der Waals surface area (Å²) in [7, 11) is 1.63. The van der Waals surface area contributed by atoms with Crippen LogP contribution in [-0.4, -0.2) is 28.0 Å². The lowest BCUT2D eigenvalue weighted by molar-refractivity contribution is -0.00179. The molecule has 0 fully saturated rings. The molecule has 0 aliphatic carbocycles. The fourth-order valence-corrected chi connectivity index (χ4v) is 3.31. The van der Waals surface area contributed by atoms with E-state index in [4.69, 9.17) is 21.1 Å². The highest BCUT2D eigenvalue weighted by Gasteiger charge is 2.27. The monoisotopic (exact) mass is 398 g/mol. The Morgan fingerprint density at radius 1 is 1.29 bits per heavy atom. The number of nitrogens with zero attached hydrogens (tertiary/aromatic N) is 3. The minimum atomic E-state index is -0.298. The molecule has 0 bridgehead atoms. The molecule has 7 nitrogen and oxygen atoms in total. The average Bonchev–Trinajstić information content (AvgIpc) is 3.16. The Morgan fingerprint density at radius 2 is 2.07 bits per heavy atom. The van der Waals surface area contributed by atoms with Crippen molar-refractivity contribution in [1.82, 2.24) is 20.3 Å². The number of hydrogen-bond acceptors (Lipinski definition) is 5. The molecule has 0 unspecified atom stereocenters. The van der Waals surface area contributed by atoms with Gasteiger partial charge in [-0.25, -0.2) is 4.68 Å². The number of halogens is 1. The van der Waals surface area contributed by atoms with Gasteiger partial charge in [-0.05, 0) is 29.3 Å². The van der Waals surface area contributed by atoms with Crippen LogP contribution in [-0.2, 0) is 24.4 Å². The topological polar surface area (TPSA) is 78.3 Å². The Morgan fingerprint density at radius 3 is 2.82 bits per heavy atom. The first kappa shape index (κ1) is 18.5. The Hall–Kier alpha value is -2.90. The minimum Gasteiger partial charge on any atom is -0.497 e. The van der Waals surface area contributed by atoms with Crippen molar-refractivity contribution in [3.05, 3.63) is 76.1 Å². The zero-order valence-electron chi connectivity index (χ0n) is 15.3. The molecule has 1 N–H and O–H groups in total. The number of carbonyl (C=O) groups is 1. The Bertz CT molecular complexity index is 987. The van der Waals surface area contributed by atoms with E-state index in [1.807, 2.05) is 42.5 Å². The highest BCUT2D eigenvalue weighted by Crippen LogP contribution is 2.28. The average molecular weight is 399 g/mol. The van der Waals surface area contributed by atoms with E-state index in [1.54, 1.807) is 17.9 Å². The number of rotatable bonds is 5. The van der Waals surface area contributed by atoms with Crippen LogP contribution < -0.4 is 10.1 Å². The molecular weight excluding hydrogens is 380 g/mol. The third-order valence-corrected chi connectivity index (χ3v) is 5.07. The molecule has 0 spiro atoms. The second-order valence-corrected chi connectivity index (χ2v) is 6.82. The van der Waals surface area contributed by atoms with Gasteiger partial charge in [0.2, 0.25) is 0 Å². The van der Waals surface area contributed by atoms with Crippen LogP contribution in [0.15, 0.2) is 48.5 Å². The molecule has 4 rings (SSSR count). The van der Waals surface area contributed by atoms with Crippen LogP contribution in [0.1, 0.15) is 33.4 Å². The summed E-state index contributed by atoms with van der Waals surface area (Å²) in [6, 6.07) is 15.1. The van der Waals surface area contributed by atoms with Crippen molar-refractivity contribution >= 4 is 17.5 Å². The molecule has 1 aromatic heterocycles. The predicted octanol–water partition coefficient (Wildman–Crippen LogP) is 3.14. The van der Waals surface area contributed by atoms with Gasteiger partial charge in [-0.2, -0.15) is 0 Å². The van der Waals surface area contributed by atoms with Gasteiger partial charge >= 0.3 is 0 Å². The number of ether oxygens (including phenoxy) is 2. The Kier molecular flexibility index (Phi) is 5.27. The summed E-state index contributed by atoms with van der Waals surface area (Å²) in [4.78, 5) is 12.5. The quantitative estimate of drug-likeness (QED) is 0.714. The molecule has 3 aromatic rings. The molecule has 28 heavy (non-hydrogen) atoms. The second kappa shape index (κ2) is 8.00. The van der Waals surface area contributed by atoms with E-state index in [0.29, 0.717) is 23.8 Å². The molecule has 144 valence electrons. The number of hydrogen-bond donors (Lipinski definition) is 1. The van der Waals surface area contributed by atoms with Crippen molar-refractivity contribution in [3.63, 3.8) is 0 Å². The summed E-state index contributed by atoms with van der Waals surface area (Å²) in [6.45, 7) is 1.07. The van der Waals surface area contributed by atoms with Gasteiger partial charge < -0.3 is 14.8 Å². The van der Waals surface area contributed by atoms with Gasteiger partial charge in [-0.3, -0.25) is 4.79 Å². The maximum absolute atomic E-state index is 12.5. The molecule has 2 aromatic carbocycles. The van der Waals surface area contributed by atoms with E-state index in [1.165, 1.54) is 0 Å². The van der Waals surface area contributed by atoms with Crippen molar-refractivity contribution in [3.8, 4) is 5.75 Å². The Labute approximate surface area is 167 Å². The molecule has 8 heteroatoms. The number of amides is 1. The van der Waals surface area contributed by atoms with Crippen molar-refractivity contribution in [1.29, 1.82) is 0 Å². The molecule has 1 atom stereocenters. The summed E-state index contributed by atoms with van der Waals surface area (Å²) in [5, 5.41) is 11.6. The van der Waals surface area contributed by atoms with Crippen molar-refractivity contribution in [2.45, 2.75) is 25.8 Å². The maximum Gasteiger partial charge on any atom is 0.274 e. The third-order valence-electron chi connectivity index (χ3n) is 4.70. The van der Waals surface area contributed by atoms with Gasteiger partial charge in [0, 0.05) is 11.6 Å². The lowest BCUT2D eigenvalue weighted by Crippen LogP contribution is -2.27. The standard InChI is InChI=1S/C20H19ClN4O3/c1-27-15-8-6-13(7-9-15)18-11-25-17(12-28-18)19(23-24-25)20(26)22-10-14-4-2-3-5-16(14)21/h2-9,18H,10-12H2,1H3,(H,22,26)/t18-/m1/s1. The van der Waals surface area contributed by atoms with Gasteiger partial charge in [0.15, 0.2) is 5.69 Å². The molecule has 1 amide bonds. The van der Waals surface area contributed by atoms with E-state index >= 15 is 0 Å². The van der Waals surface area contributed by atoms with Crippen LogP contribution in [0.4, 0.5) is 0 Å². The lowest BCUT2D eigenvalue weighted by atomic mass is 10.1. The number of fused-ring (bicyclic) bond motifs is 1. The van der Waals surface area contributed by atoms with E-state index in [0.717, 1.165) is 16.9 Å². The summed E-state index contributed by atoms with van der Waals surface area (Å²) in [5.74, 6) is 0.492. The lowest BCUT2D eigenvalue weighted by Gasteiger charge is -2.24. The smallest absolute Gasteiger partial charge is 0.274 e. The summed E-state index contributed by atoms with van der Waals surface area (Å²) < 4.78 is 12.9. The number of carbonyl (C=O) groups excluding carboxylic acids is 1. The predicted molar refractivity (Wildman–Crippen MR) is 103 cm³/mol. The maximum atomic E-state index is 12.5. The van der Waals surface area contributed by atoms with Gasteiger partial charge in [-0.15, -0.1) is 5.10 Å². The van der Waals surface area contributed by atoms with E-state index in [9.17, 15) is 4.79 Å². The largest absolute Gasteiger partial charge is 0.497 e. The van der Waals surface area contributed by atoms with Crippen LogP contribution in [0, 0.1) is 0 Å². The van der Waals surface area contributed by atoms with Crippen LogP contribution in [0.5, 0.6) is 5.75 Å². The molecule has 0 saturated heterocycles. The molecule has 1 aliphatic rings. The SMILES string of the molecule is COc1ccc([C@H]2Cn3nnc(C(=O)NCc4ccccc4Cl)c3CO2)cc1. The van der Waals surface area contributed by atoms with Gasteiger partial charge in [0.1, 0.15) is 11.9 Å². The zero-order valence-corrected chi connectivity index (χ0v) is 16.0. The number of aromatic nitrogens is 3. The fraction of sp³-hybridized carbons (Fsp3) is 0.250. The second-order valence-electron chi connectivity index (χ2n) is 6.41. The highest BCUT2D eigenvalue weighted by molar-refractivity contribution is 6.31. The van der Waals surface area contributed by atoms with Crippen molar-refractivity contribution in [2.24, 2.45) is 0 Å². The van der Waals surface area contributed by atoms with Gasteiger partial charge in [0.25, 0.3) is 5.91 Å². The third kappa shape index (κ3) is 3.72. The van der Waals surface area contributed by atoms with Gasteiger partial charge in [0.05, 0.1) is 26.0 Å². The van der Waals surface area contributed by atoms with Crippen LogP contribution in [0.3, 0.4) is 0 Å². The van der Waals surface area contributed by atoms with Crippen LogP contribution in [0.25, 0.3) is 0 Å². The minimum absolute atomic E-state index is 0.154. The van der Waals surface area contributed by atoms with E-state index < -0.39 is 0 Å². The number of nitrogens with one attached hydrogen (secondary N) is 1. The molecular formula is C20H19ClN4O3. The first-order valence-corrected chi connectivity index (χ1v) is 9.23. The number of methoxy groups -OCH3 is 1. The normalized spacial score (nSPS) is 15.7. The van der Waals surface area contributed by atoms with Crippen LogP contribution in [0.2, 0.25) is 5.02 Å². The van der Waals surface area contributed by atoms with E-state index in [-0.39, 0.29) is 24.3 Å². The fourth-order valence-electron chi connectivity index (χ4n) is 3.11. The summed E-state index contributed by atoms with van der Waals surface area (Å²) in [6.07, 6.45) is -0.154. The van der Waals surface area contributed by atoms with Crippen LogP contribution >= 0.6 is 11.6 Å². The van der Waals surface area contributed by atoms with E-state index in [2.05, 4.69) is 15.6 Å². The number of benzene rings is 2. The highest BCUT2D eigenvalue weighted by atomic mass is 35.5. The zero-order chi connectivity index (χ0) is 19.5. The molecule has 2 heterocycles. The molecule has 1 aliphatic heterocycles. The molecule has 0 radical (unpaired) electrons. The van der Waals surface area contributed by atoms with Crippen molar-refractivity contribution in [2.75, 3.05) is 7.11 Å².